The molecule has 0 saturated carbocycles. The number of rotatable bonds is 3. The smallest absolute Gasteiger partial charge is 0.232 e. The molecule has 0 radical (unpaired) electrons. The third kappa shape index (κ3) is 3.75. The van der Waals surface area contributed by atoms with Crippen molar-refractivity contribution in [2.45, 2.75) is 33.9 Å². The van der Waals surface area contributed by atoms with Gasteiger partial charge in [0, 0.05) is 13.1 Å². The Hall–Kier alpha value is -3.37. The standard InChI is InChI=1S/C27H25NO3/c1-17-4-8-20(9-5-17)13-24-26(29)25-19(3)12-23-22(27(25)31-24)15-28(16-30-23)14-21-10-6-18(2)7-11-21/h4-13H,14-16H2,1-3H3/b24-13-. The zero-order chi connectivity index (χ0) is 21.5. The normalized spacial score (nSPS) is 16.6. The molecular weight excluding hydrogens is 386 g/mol. The molecular formula is C27H25NO3. The molecule has 0 amide bonds. The SMILES string of the molecule is Cc1ccc(/C=C2\Oc3c4c(cc(C)c3C2=O)OCN(Cc2ccc(C)cc2)C4)cc1. The van der Waals surface area contributed by atoms with Gasteiger partial charge in [-0.05, 0) is 49.6 Å². The molecule has 0 N–H and O–H groups in total. The van der Waals surface area contributed by atoms with E-state index in [9.17, 15) is 4.79 Å². The zero-order valence-electron chi connectivity index (χ0n) is 18.1. The van der Waals surface area contributed by atoms with E-state index in [0.717, 1.165) is 29.0 Å². The number of ketones is 1. The summed E-state index contributed by atoms with van der Waals surface area (Å²) < 4.78 is 12.2. The van der Waals surface area contributed by atoms with Gasteiger partial charge in [0.15, 0.2) is 5.76 Å². The number of ether oxygens (including phenoxy) is 2. The first kappa shape index (κ1) is 19.6. The highest BCUT2D eigenvalue weighted by atomic mass is 16.5. The first-order chi connectivity index (χ1) is 15.0. The van der Waals surface area contributed by atoms with E-state index in [1.54, 1.807) is 0 Å². The molecule has 0 spiro atoms. The molecule has 0 bridgehead atoms. The van der Waals surface area contributed by atoms with E-state index in [4.69, 9.17) is 9.47 Å². The number of Topliss-reactive ketones (excluding diaryl/α,β-unsaturated/α-hetero) is 1. The maximum Gasteiger partial charge on any atom is 0.232 e. The highest BCUT2D eigenvalue weighted by Crippen LogP contribution is 2.44. The van der Waals surface area contributed by atoms with Crippen LogP contribution in [0.25, 0.3) is 6.08 Å². The fraction of sp³-hybridized carbons (Fsp3) is 0.222. The molecule has 3 aromatic rings. The second-order valence-electron chi connectivity index (χ2n) is 8.47. The van der Waals surface area contributed by atoms with Crippen molar-refractivity contribution in [3.63, 3.8) is 0 Å². The lowest BCUT2D eigenvalue weighted by Crippen LogP contribution is -2.31. The lowest BCUT2D eigenvalue weighted by Gasteiger charge is -2.30. The molecule has 2 heterocycles. The molecule has 0 saturated heterocycles. The summed E-state index contributed by atoms with van der Waals surface area (Å²) in [6.45, 7) is 8.04. The summed E-state index contributed by atoms with van der Waals surface area (Å²) in [6, 6.07) is 18.6. The quantitative estimate of drug-likeness (QED) is 0.528. The minimum Gasteiger partial charge on any atom is -0.478 e. The Morgan fingerprint density at radius 1 is 0.968 bits per heavy atom. The first-order valence-electron chi connectivity index (χ1n) is 10.6. The van der Waals surface area contributed by atoms with Crippen LogP contribution in [0.15, 0.2) is 60.4 Å². The van der Waals surface area contributed by atoms with Gasteiger partial charge in [-0.1, -0.05) is 59.7 Å². The molecule has 3 aromatic carbocycles. The predicted octanol–water partition coefficient (Wildman–Crippen LogP) is 5.58. The molecule has 0 aliphatic carbocycles. The molecule has 2 aliphatic rings. The van der Waals surface area contributed by atoms with Crippen molar-refractivity contribution < 1.29 is 14.3 Å². The molecule has 0 unspecified atom stereocenters. The van der Waals surface area contributed by atoms with Gasteiger partial charge in [0.25, 0.3) is 0 Å². The highest BCUT2D eigenvalue weighted by molar-refractivity contribution is 6.15. The molecule has 0 fully saturated rings. The van der Waals surface area contributed by atoms with Gasteiger partial charge in [0.2, 0.25) is 5.78 Å². The zero-order valence-corrected chi connectivity index (χ0v) is 18.1. The van der Waals surface area contributed by atoms with Gasteiger partial charge < -0.3 is 9.47 Å². The third-order valence-electron chi connectivity index (χ3n) is 5.89. The van der Waals surface area contributed by atoms with Gasteiger partial charge in [-0.25, -0.2) is 0 Å². The van der Waals surface area contributed by atoms with Crippen LogP contribution in [0.3, 0.4) is 0 Å². The van der Waals surface area contributed by atoms with E-state index in [2.05, 4.69) is 36.1 Å². The molecule has 5 rings (SSSR count). The lowest BCUT2D eigenvalue weighted by atomic mass is 9.98. The Morgan fingerprint density at radius 2 is 1.65 bits per heavy atom. The van der Waals surface area contributed by atoms with Crippen LogP contribution in [-0.2, 0) is 13.1 Å². The average Bonchev–Trinajstić information content (AvgIpc) is 3.09. The van der Waals surface area contributed by atoms with Gasteiger partial charge in [-0.3, -0.25) is 9.69 Å². The largest absolute Gasteiger partial charge is 0.478 e. The summed E-state index contributed by atoms with van der Waals surface area (Å²) in [4.78, 5) is 15.4. The molecule has 0 atom stereocenters. The van der Waals surface area contributed by atoms with Crippen molar-refractivity contribution >= 4 is 11.9 Å². The van der Waals surface area contributed by atoms with Crippen molar-refractivity contribution in [2.75, 3.05) is 6.73 Å². The van der Waals surface area contributed by atoms with Crippen LogP contribution in [0.2, 0.25) is 0 Å². The summed E-state index contributed by atoms with van der Waals surface area (Å²) in [6.07, 6.45) is 1.82. The maximum atomic E-state index is 13.1. The van der Waals surface area contributed by atoms with Crippen LogP contribution in [-0.4, -0.2) is 17.4 Å². The van der Waals surface area contributed by atoms with E-state index in [1.165, 1.54) is 16.7 Å². The number of carbonyl (C=O) groups is 1. The number of benzene rings is 3. The van der Waals surface area contributed by atoms with Gasteiger partial charge in [0.05, 0.1) is 11.1 Å². The molecule has 4 heteroatoms. The fourth-order valence-corrected chi connectivity index (χ4v) is 4.14. The Bertz CT molecular complexity index is 1190. The number of allylic oxidation sites excluding steroid dienone is 1. The van der Waals surface area contributed by atoms with Crippen molar-refractivity contribution in [3.05, 3.63) is 99.3 Å². The first-order valence-corrected chi connectivity index (χ1v) is 10.6. The van der Waals surface area contributed by atoms with Crippen molar-refractivity contribution in [2.24, 2.45) is 0 Å². The Kier molecular flexibility index (Phi) is 4.87. The number of hydrogen-bond acceptors (Lipinski definition) is 4. The second kappa shape index (κ2) is 7.71. The van der Waals surface area contributed by atoms with Gasteiger partial charge in [0.1, 0.15) is 18.2 Å². The molecule has 2 aliphatic heterocycles. The summed E-state index contributed by atoms with van der Waals surface area (Å²) in [7, 11) is 0. The number of carbonyl (C=O) groups excluding carboxylic acids is 1. The average molecular weight is 412 g/mol. The van der Waals surface area contributed by atoms with Crippen LogP contribution in [0.1, 0.15) is 43.7 Å². The highest BCUT2D eigenvalue weighted by Gasteiger charge is 2.35. The third-order valence-corrected chi connectivity index (χ3v) is 5.89. The second-order valence-corrected chi connectivity index (χ2v) is 8.47. The molecule has 4 nitrogen and oxygen atoms in total. The van der Waals surface area contributed by atoms with Crippen LogP contribution in [0.4, 0.5) is 0 Å². The Morgan fingerprint density at radius 3 is 2.35 bits per heavy atom. The van der Waals surface area contributed by atoms with Crippen LogP contribution in [0.5, 0.6) is 11.5 Å². The monoisotopic (exact) mass is 411 g/mol. The van der Waals surface area contributed by atoms with Crippen molar-refractivity contribution in [1.29, 1.82) is 0 Å². The topological polar surface area (TPSA) is 38.8 Å². The predicted molar refractivity (Wildman–Crippen MR) is 121 cm³/mol. The molecule has 31 heavy (non-hydrogen) atoms. The Labute approximate surface area is 182 Å². The van der Waals surface area contributed by atoms with E-state index >= 15 is 0 Å². The number of nitrogens with zero attached hydrogens (tertiary/aromatic N) is 1. The summed E-state index contributed by atoms with van der Waals surface area (Å²) in [5.41, 5.74) is 7.09. The van der Waals surface area contributed by atoms with E-state index in [0.29, 0.717) is 30.3 Å². The van der Waals surface area contributed by atoms with Crippen LogP contribution < -0.4 is 9.47 Å². The minimum absolute atomic E-state index is 0.0634. The maximum absolute atomic E-state index is 13.1. The minimum atomic E-state index is -0.0634. The number of hydrogen-bond donors (Lipinski definition) is 0. The lowest BCUT2D eigenvalue weighted by molar-refractivity contribution is 0.0872. The fourth-order valence-electron chi connectivity index (χ4n) is 4.14. The summed E-state index contributed by atoms with van der Waals surface area (Å²) in [5.74, 6) is 1.75. The van der Waals surface area contributed by atoms with Crippen molar-refractivity contribution in [1.82, 2.24) is 4.90 Å². The van der Waals surface area contributed by atoms with Crippen LogP contribution >= 0.6 is 0 Å². The van der Waals surface area contributed by atoms with E-state index < -0.39 is 0 Å². The van der Waals surface area contributed by atoms with Crippen molar-refractivity contribution in [3.8, 4) is 11.5 Å². The van der Waals surface area contributed by atoms with Crippen LogP contribution in [0, 0.1) is 20.8 Å². The molecule has 0 aromatic heterocycles. The van der Waals surface area contributed by atoms with E-state index in [-0.39, 0.29) is 5.78 Å². The summed E-state index contributed by atoms with van der Waals surface area (Å²) in [5, 5.41) is 0. The van der Waals surface area contributed by atoms with Gasteiger partial charge >= 0.3 is 0 Å². The Balaban J connectivity index is 1.45. The molecule has 156 valence electrons. The number of aryl methyl sites for hydroxylation is 3. The van der Waals surface area contributed by atoms with Gasteiger partial charge in [-0.15, -0.1) is 0 Å². The summed E-state index contributed by atoms with van der Waals surface area (Å²) >= 11 is 0. The number of fused-ring (bicyclic) bond motifs is 3. The van der Waals surface area contributed by atoms with Gasteiger partial charge in [-0.2, -0.15) is 0 Å². The van der Waals surface area contributed by atoms with E-state index in [1.807, 2.05) is 50.3 Å².